The van der Waals surface area contributed by atoms with Crippen LogP contribution in [0.1, 0.15) is 11.1 Å². The van der Waals surface area contributed by atoms with E-state index in [0.29, 0.717) is 11.3 Å². The predicted octanol–water partition coefficient (Wildman–Crippen LogP) is 3.68. The van der Waals surface area contributed by atoms with E-state index >= 15 is 0 Å². The number of nitrogens with zero attached hydrogens (tertiary/aromatic N) is 3. The fourth-order valence-corrected chi connectivity index (χ4v) is 3.71. The maximum Gasteiger partial charge on any atom is 0.336 e. The highest BCUT2D eigenvalue weighted by molar-refractivity contribution is 7.98. The fraction of sp³-hybridized carbons (Fsp3) is 0.105. The smallest absolute Gasteiger partial charge is 0.336 e. The molecule has 2 aromatic heterocycles. The molecule has 0 aliphatic rings. The number of para-hydroxylation sites is 1. The first-order valence-electron chi connectivity index (χ1n) is 7.96. The van der Waals surface area contributed by atoms with Gasteiger partial charge in [-0.3, -0.25) is 4.57 Å². The minimum atomic E-state index is -0.445. The Bertz CT molecular complexity index is 1150. The highest BCUT2D eigenvalue weighted by Crippen LogP contribution is 2.28. The second kappa shape index (κ2) is 6.68. The van der Waals surface area contributed by atoms with Gasteiger partial charge in [0.2, 0.25) is 0 Å². The number of aromatic nitrogens is 3. The van der Waals surface area contributed by atoms with E-state index in [0.717, 1.165) is 27.4 Å². The van der Waals surface area contributed by atoms with Crippen LogP contribution >= 0.6 is 11.8 Å². The van der Waals surface area contributed by atoms with Crippen molar-refractivity contribution in [3.05, 3.63) is 76.4 Å². The largest absolute Gasteiger partial charge is 0.508 e. The number of phenols is 1. The topological polar surface area (TPSA) is 81.2 Å². The average Bonchev–Trinajstić information content (AvgIpc) is 3.08. The third kappa shape index (κ3) is 3.09. The Morgan fingerprint density at radius 2 is 2.04 bits per heavy atom. The van der Waals surface area contributed by atoms with Crippen LogP contribution in [0, 0.1) is 6.92 Å². The highest BCUT2D eigenvalue weighted by atomic mass is 32.2. The lowest BCUT2D eigenvalue weighted by Gasteiger charge is -2.09. The van der Waals surface area contributed by atoms with E-state index in [9.17, 15) is 9.90 Å². The molecule has 0 aliphatic carbocycles. The van der Waals surface area contributed by atoms with Gasteiger partial charge in [-0.05, 0) is 36.2 Å². The Hall–Kier alpha value is -3.06. The second-order valence-electron chi connectivity index (χ2n) is 5.83. The monoisotopic (exact) mass is 365 g/mol. The summed E-state index contributed by atoms with van der Waals surface area (Å²) in [5.41, 5.74) is 2.88. The van der Waals surface area contributed by atoms with Crippen molar-refractivity contribution in [2.24, 2.45) is 0 Å². The normalized spacial score (nSPS) is 11.1. The van der Waals surface area contributed by atoms with Crippen LogP contribution in [0.25, 0.3) is 16.7 Å². The first-order chi connectivity index (χ1) is 12.6. The molecule has 0 amide bonds. The van der Waals surface area contributed by atoms with E-state index in [-0.39, 0.29) is 5.75 Å². The van der Waals surface area contributed by atoms with Gasteiger partial charge in [-0.25, -0.2) is 4.79 Å². The van der Waals surface area contributed by atoms with Gasteiger partial charge in [0, 0.05) is 23.3 Å². The molecule has 0 saturated heterocycles. The molecule has 2 aromatic carbocycles. The number of aromatic hydroxyl groups is 1. The van der Waals surface area contributed by atoms with E-state index in [1.54, 1.807) is 18.5 Å². The molecule has 7 heteroatoms. The zero-order chi connectivity index (χ0) is 18.1. The molecule has 0 atom stereocenters. The highest BCUT2D eigenvalue weighted by Gasteiger charge is 2.12. The van der Waals surface area contributed by atoms with E-state index in [1.165, 1.54) is 23.9 Å². The van der Waals surface area contributed by atoms with Gasteiger partial charge in [-0.2, -0.15) is 0 Å². The van der Waals surface area contributed by atoms with Gasteiger partial charge in [0.1, 0.15) is 17.7 Å². The SMILES string of the molecule is Cc1ccccc1-n1cnnc1SCc1cc(=O)oc2cc(O)ccc12. The molecule has 2 heterocycles. The van der Waals surface area contributed by atoms with Crippen molar-refractivity contribution in [3.63, 3.8) is 0 Å². The van der Waals surface area contributed by atoms with Crippen molar-refractivity contribution in [1.82, 2.24) is 14.8 Å². The molecule has 6 nitrogen and oxygen atoms in total. The fourth-order valence-electron chi connectivity index (χ4n) is 2.80. The molecule has 0 radical (unpaired) electrons. The van der Waals surface area contributed by atoms with Crippen LogP contribution in [0.3, 0.4) is 0 Å². The molecule has 26 heavy (non-hydrogen) atoms. The van der Waals surface area contributed by atoms with Gasteiger partial charge >= 0.3 is 5.63 Å². The molecule has 0 fully saturated rings. The number of benzene rings is 2. The minimum absolute atomic E-state index is 0.0600. The van der Waals surface area contributed by atoms with Gasteiger partial charge < -0.3 is 9.52 Å². The summed E-state index contributed by atoms with van der Waals surface area (Å²) in [6.07, 6.45) is 1.68. The predicted molar refractivity (Wildman–Crippen MR) is 99.8 cm³/mol. The minimum Gasteiger partial charge on any atom is -0.508 e. The number of hydrogen-bond acceptors (Lipinski definition) is 6. The summed E-state index contributed by atoms with van der Waals surface area (Å²) in [7, 11) is 0. The van der Waals surface area contributed by atoms with Crippen LogP contribution < -0.4 is 5.63 Å². The lowest BCUT2D eigenvalue weighted by Crippen LogP contribution is -2.01. The van der Waals surface area contributed by atoms with Crippen LogP contribution in [0.4, 0.5) is 0 Å². The number of hydrogen-bond donors (Lipinski definition) is 1. The average molecular weight is 365 g/mol. The quantitative estimate of drug-likeness (QED) is 0.439. The molecular weight excluding hydrogens is 350 g/mol. The van der Waals surface area contributed by atoms with Gasteiger partial charge in [0.05, 0.1) is 5.69 Å². The summed E-state index contributed by atoms with van der Waals surface area (Å²) < 4.78 is 7.10. The number of rotatable bonds is 4. The zero-order valence-electron chi connectivity index (χ0n) is 13.9. The Morgan fingerprint density at radius 1 is 1.19 bits per heavy atom. The van der Waals surface area contributed by atoms with Crippen LogP contribution in [0.5, 0.6) is 5.75 Å². The van der Waals surface area contributed by atoms with Crippen LogP contribution in [-0.2, 0) is 5.75 Å². The summed E-state index contributed by atoms with van der Waals surface area (Å²) in [5, 5.41) is 19.3. The molecule has 0 bridgehead atoms. The first-order valence-corrected chi connectivity index (χ1v) is 8.95. The van der Waals surface area contributed by atoms with Crippen molar-refractivity contribution >= 4 is 22.7 Å². The summed E-state index contributed by atoms with van der Waals surface area (Å²) >= 11 is 1.48. The standard InChI is InChI=1S/C19H15N3O3S/c1-12-4-2-3-5-16(12)22-11-20-21-19(22)26-10-13-8-18(24)25-17-9-14(23)6-7-15(13)17/h2-9,11,23H,10H2,1H3. The molecule has 1 N–H and O–H groups in total. The van der Waals surface area contributed by atoms with E-state index in [2.05, 4.69) is 10.2 Å². The summed E-state index contributed by atoms with van der Waals surface area (Å²) in [6.45, 7) is 2.03. The van der Waals surface area contributed by atoms with Gasteiger partial charge in [-0.1, -0.05) is 30.0 Å². The number of thioether (sulfide) groups is 1. The maximum atomic E-state index is 11.8. The van der Waals surface area contributed by atoms with Gasteiger partial charge in [0.25, 0.3) is 0 Å². The van der Waals surface area contributed by atoms with Gasteiger partial charge in [0.15, 0.2) is 5.16 Å². The van der Waals surface area contributed by atoms with Crippen molar-refractivity contribution < 1.29 is 9.52 Å². The summed E-state index contributed by atoms with van der Waals surface area (Å²) in [6, 6.07) is 14.2. The van der Waals surface area contributed by atoms with Crippen molar-refractivity contribution in [1.29, 1.82) is 0 Å². The summed E-state index contributed by atoms with van der Waals surface area (Å²) in [4.78, 5) is 11.8. The number of phenolic OH excluding ortho intramolecular Hbond substituents is 1. The Kier molecular flexibility index (Phi) is 4.22. The zero-order valence-corrected chi connectivity index (χ0v) is 14.7. The van der Waals surface area contributed by atoms with E-state index < -0.39 is 5.63 Å². The molecule has 0 aliphatic heterocycles. The van der Waals surface area contributed by atoms with Crippen LogP contribution in [-0.4, -0.2) is 19.9 Å². The van der Waals surface area contributed by atoms with Crippen LogP contribution in [0.15, 0.2) is 69.2 Å². The van der Waals surface area contributed by atoms with Crippen molar-refractivity contribution in [2.45, 2.75) is 17.8 Å². The third-order valence-electron chi connectivity index (χ3n) is 4.06. The molecule has 0 saturated carbocycles. The third-order valence-corrected chi connectivity index (χ3v) is 5.05. The number of fused-ring (bicyclic) bond motifs is 1. The van der Waals surface area contributed by atoms with E-state index in [1.807, 2.05) is 35.8 Å². The number of aryl methyl sites for hydroxylation is 1. The molecule has 130 valence electrons. The van der Waals surface area contributed by atoms with Crippen molar-refractivity contribution in [2.75, 3.05) is 0 Å². The molecule has 4 rings (SSSR count). The van der Waals surface area contributed by atoms with Crippen LogP contribution in [0.2, 0.25) is 0 Å². The molecule has 0 spiro atoms. The Morgan fingerprint density at radius 3 is 2.88 bits per heavy atom. The second-order valence-corrected chi connectivity index (χ2v) is 6.77. The van der Waals surface area contributed by atoms with E-state index in [4.69, 9.17) is 4.42 Å². The lowest BCUT2D eigenvalue weighted by atomic mass is 10.1. The maximum absolute atomic E-state index is 11.8. The molecule has 0 unspecified atom stereocenters. The Labute approximate surface area is 153 Å². The first kappa shape index (κ1) is 16.4. The lowest BCUT2D eigenvalue weighted by molar-refractivity contribution is 0.473. The van der Waals surface area contributed by atoms with Crippen molar-refractivity contribution in [3.8, 4) is 11.4 Å². The Balaban J connectivity index is 1.68. The molecule has 4 aromatic rings. The molecular formula is C19H15N3O3S. The summed E-state index contributed by atoms with van der Waals surface area (Å²) in [5.74, 6) is 0.585. The van der Waals surface area contributed by atoms with Gasteiger partial charge in [-0.15, -0.1) is 10.2 Å².